The van der Waals surface area contributed by atoms with Crippen LogP contribution in [0.4, 0.5) is 0 Å². The van der Waals surface area contributed by atoms with Gasteiger partial charge in [0.2, 0.25) is 15.9 Å². The lowest BCUT2D eigenvalue weighted by Gasteiger charge is -2.38. The van der Waals surface area contributed by atoms with E-state index in [2.05, 4.69) is 0 Å². The van der Waals surface area contributed by atoms with Crippen molar-refractivity contribution in [3.05, 3.63) is 30.3 Å². The van der Waals surface area contributed by atoms with Gasteiger partial charge in [0.25, 0.3) is 0 Å². The summed E-state index contributed by atoms with van der Waals surface area (Å²) in [6.45, 7) is 4.28. The maximum absolute atomic E-state index is 12.6. The minimum Gasteiger partial charge on any atom is -0.342 e. The van der Waals surface area contributed by atoms with Crippen LogP contribution in [-0.2, 0) is 14.8 Å². The van der Waals surface area contributed by atoms with Crippen LogP contribution in [0.25, 0.3) is 0 Å². The first-order valence-corrected chi connectivity index (χ1v) is 9.18. The van der Waals surface area contributed by atoms with Crippen molar-refractivity contribution in [1.29, 1.82) is 0 Å². The second kappa shape index (κ2) is 5.66. The van der Waals surface area contributed by atoms with Gasteiger partial charge in [-0.2, -0.15) is 4.31 Å². The van der Waals surface area contributed by atoms with Crippen LogP contribution in [0.2, 0.25) is 0 Å². The fraction of sp³-hybridized carbons (Fsp3) is 0.562. The molecule has 0 saturated carbocycles. The van der Waals surface area contributed by atoms with Gasteiger partial charge in [-0.25, -0.2) is 8.42 Å². The molecule has 0 aliphatic carbocycles. The van der Waals surface area contributed by atoms with Crippen molar-refractivity contribution in [1.82, 2.24) is 9.21 Å². The summed E-state index contributed by atoms with van der Waals surface area (Å²) >= 11 is 0. The lowest BCUT2D eigenvalue weighted by atomic mass is 9.78. The van der Waals surface area contributed by atoms with Gasteiger partial charge in [-0.1, -0.05) is 18.2 Å². The van der Waals surface area contributed by atoms with Crippen LogP contribution in [0.1, 0.15) is 26.2 Å². The van der Waals surface area contributed by atoms with Crippen molar-refractivity contribution in [3.63, 3.8) is 0 Å². The summed E-state index contributed by atoms with van der Waals surface area (Å²) in [5, 5.41) is 0. The molecular formula is C16H22N2O3S. The molecule has 0 radical (unpaired) electrons. The number of hydrogen-bond donors (Lipinski definition) is 0. The Bertz CT molecular complexity index is 649. The number of hydrogen-bond acceptors (Lipinski definition) is 3. The Labute approximate surface area is 132 Å². The molecule has 1 spiro atoms. The maximum atomic E-state index is 12.6. The Kier molecular flexibility index (Phi) is 3.99. The molecule has 3 rings (SSSR count). The summed E-state index contributed by atoms with van der Waals surface area (Å²) in [4.78, 5) is 13.8. The molecule has 120 valence electrons. The van der Waals surface area contributed by atoms with E-state index in [1.165, 1.54) is 0 Å². The van der Waals surface area contributed by atoms with E-state index in [4.69, 9.17) is 0 Å². The van der Waals surface area contributed by atoms with Crippen molar-refractivity contribution < 1.29 is 13.2 Å². The Morgan fingerprint density at radius 1 is 1.05 bits per heavy atom. The molecule has 2 aliphatic heterocycles. The van der Waals surface area contributed by atoms with Gasteiger partial charge in [-0.05, 0) is 36.8 Å². The Morgan fingerprint density at radius 3 is 2.18 bits per heavy atom. The van der Waals surface area contributed by atoms with Crippen LogP contribution in [0.3, 0.4) is 0 Å². The number of nitrogens with zero attached hydrogens (tertiary/aromatic N) is 2. The van der Waals surface area contributed by atoms with Gasteiger partial charge in [0, 0.05) is 33.1 Å². The van der Waals surface area contributed by atoms with E-state index in [-0.39, 0.29) is 11.3 Å². The van der Waals surface area contributed by atoms with E-state index in [9.17, 15) is 13.2 Å². The van der Waals surface area contributed by atoms with Gasteiger partial charge in [0.15, 0.2) is 0 Å². The topological polar surface area (TPSA) is 57.7 Å². The molecule has 0 aromatic heterocycles. The molecule has 1 aromatic carbocycles. The molecule has 2 aliphatic rings. The molecule has 6 heteroatoms. The number of amides is 1. The number of likely N-dealkylation sites (tertiary alicyclic amines) is 1. The van der Waals surface area contributed by atoms with E-state index < -0.39 is 10.0 Å². The third kappa shape index (κ3) is 2.77. The minimum atomic E-state index is -3.39. The first-order chi connectivity index (χ1) is 10.4. The van der Waals surface area contributed by atoms with Gasteiger partial charge >= 0.3 is 0 Å². The van der Waals surface area contributed by atoms with Crippen molar-refractivity contribution in [3.8, 4) is 0 Å². The number of rotatable bonds is 2. The van der Waals surface area contributed by atoms with Crippen LogP contribution >= 0.6 is 0 Å². The van der Waals surface area contributed by atoms with Crippen molar-refractivity contribution in [2.45, 2.75) is 31.1 Å². The van der Waals surface area contributed by atoms with E-state index in [1.54, 1.807) is 35.5 Å². The molecule has 5 nitrogen and oxygen atoms in total. The summed E-state index contributed by atoms with van der Waals surface area (Å²) < 4.78 is 26.8. The predicted octanol–water partition coefficient (Wildman–Crippen LogP) is 1.71. The average Bonchev–Trinajstić information content (AvgIpc) is 2.93. The summed E-state index contributed by atoms with van der Waals surface area (Å²) in [6, 6.07) is 8.61. The number of benzene rings is 1. The Morgan fingerprint density at radius 2 is 1.64 bits per heavy atom. The maximum Gasteiger partial charge on any atom is 0.243 e. The van der Waals surface area contributed by atoms with Crippen LogP contribution in [0, 0.1) is 5.41 Å². The normalized spacial score (nSPS) is 22.1. The van der Waals surface area contributed by atoms with E-state index in [0.717, 1.165) is 32.4 Å². The molecule has 0 unspecified atom stereocenters. The quantitative estimate of drug-likeness (QED) is 0.833. The zero-order valence-corrected chi connectivity index (χ0v) is 13.7. The highest BCUT2D eigenvalue weighted by molar-refractivity contribution is 7.89. The SMILES string of the molecule is CC(=O)N1CCC2(CCN(S(=O)(=O)c3ccccc3)CC2)C1. The molecule has 2 heterocycles. The van der Waals surface area contributed by atoms with Crippen LogP contribution in [-0.4, -0.2) is 49.7 Å². The lowest BCUT2D eigenvalue weighted by molar-refractivity contribution is -0.128. The third-order valence-corrected chi connectivity index (χ3v) is 6.96. The second-order valence-electron chi connectivity index (χ2n) is 6.41. The van der Waals surface area contributed by atoms with Crippen LogP contribution in [0.15, 0.2) is 35.2 Å². The number of sulfonamides is 1. The third-order valence-electron chi connectivity index (χ3n) is 5.05. The average molecular weight is 322 g/mol. The Hall–Kier alpha value is -1.40. The van der Waals surface area contributed by atoms with Gasteiger partial charge in [0.05, 0.1) is 4.90 Å². The van der Waals surface area contributed by atoms with Gasteiger partial charge < -0.3 is 4.90 Å². The predicted molar refractivity (Wildman–Crippen MR) is 83.7 cm³/mol. The summed E-state index contributed by atoms with van der Waals surface area (Å²) in [6.07, 6.45) is 2.66. The van der Waals surface area contributed by atoms with Crippen LogP contribution < -0.4 is 0 Å². The molecule has 1 amide bonds. The van der Waals surface area contributed by atoms with E-state index in [1.807, 2.05) is 11.0 Å². The molecule has 2 fully saturated rings. The summed E-state index contributed by atoms with van der Waals surface area (Å²) in [5.41, 5.74) is 0.119. The molecule has 1 aromatic rings. The molecule has 0 N–H and O–H groups in total. The first kappa shape index (κ1) is 15.5. The highest BCUT2D eigenvalue weighted by atomic mass is 32.2. The summed E-state index contributed by atoms with van der Waals surface area (Å²) in [7, 11) is -3.39. The molecule has 22 heavy (non-hydrogen) atoms. The molecule has 0 bridgehead atoms. The monoisotopic (exact) mass is 322 g/mol. The highest BCUT2D eigenvalue weighted by Gasteiger charge is 2.43. The van der Waals surface area contributed by atoms with Crippen molar-refractivity contribution in [2.24, 2.45) is 5.41 Å². The van der Waals surface area contributed by atoms with Crippen molar-refractivity contribution in [2.75, 3.05) is 26.2 Å². The zero-order valence-electron chi connectivity index (χ0n) is 12.9. The van der Waals surface area contributed by atoms with Gasteiger partial charge in [-0.15, -0.1) is 0 Å². The number of carbonyl (C=O) groups is 1. The first-order valence-electron chi connectivity index (χ1n) is 7.74. The van der Waals surface area contributed by atoms with Crippen molar-refractivity contribution >= 4 is 15.9 Å². The van der Waals surface area contributed by atoms with E-state index in [0.29, 0.717) is 18.0 Å². The smallest absolute Gasteiger partial charge is 0.243 e. The van der Waals surface area contributed by atoms with Crippen LogP contribution in [0.5, 0.6) is 0 Å². The number of piperidine rings is 1. The highest BCUT2D eigenvalue weighted by Crippen LogP contribution is 2.41. The zero-order chi connectivity index (χ0) is 15.8. The molecule has 0 atom stereocenters. The molecular weight excluding hydrogens is 300 g/mol. The fourth-order valence-electron chi connectivity index (χ4n) is 3.55. The standard InChI is InChI=1S/C16H22N2O3S/c1-14(19)17-10-7-16(13-17)8-11-18(12-9-16)22(20,21)15-5-3-2-4-6-15/h2-6H,7-13H2,1H3. The van der Waals surface area contributed by atoms with E-state index >= 15 is 0 Å². The lowest BCUT2D eigenvalue weighted by Crippen LogP contribution is -2.44. The Balaban J connectivity index is 1.69. The minimum absolute atomic E-state index is 0.119. The van der Waals surface area contributed by atoms with Gasteiger partial charge in [-0.3, -0.25) is 4.79 Å². The number of carbonyl (C=O) groups excluding carboxylic acids is 1. The van der Waals surface area contributed by atoms with Gasteiger partial charge in [0.1, 0.15) is 0 Å². The molecule has 2 saturated heterocycles. The second-order valence-corrected chi connectivity index (χ2v) is 8.35. The fourth-order valence-corrected chi connectivity index (χ4v) is 5.02. The summed E-state index contributed by atoms with van der Waals surface area (Å²) in [5.74, 6) is 0.121. The largest absolute Gasteiger partial charge is 0.342 e.